The molecule has 0 aromatic carbocycles. The Morgan fingerprint density at radius 2 is 2.18 bits per heavy atom. The van der Waals surface area contributed by atoms with E-state index < -0.39 is 0 Å². The van der Waals surface area contributed by atoms with Crippen LogP contribution in [0, 0.1) is 0 Å². The Labute approximate surface area is 138 Å². The Bertz CT molecular complexity index is 700. The first-order chi connectivity index (χ1) is 10.4. The molecule has 1 aliphatic rings. The van der Waals surface area contributed by atoms with Gasteiger partial charge in [-0.25, -0.2) is 9.97 Å². The fourth-order valence-corrected chi connectivity index (χ4v) is 4.50. The summed E-state index contributed by atoms with van der Waals surface area (Å²) in [6.07, 6.45) is 2.89. The molecule has 0 radical (unpaired) electrons. The van der Waals surface area contributed by atoms with Crippen molar-refractivity contribution in [3.63, 3.8) is 0 Å². The summed E-state index contributed by atoms with van der Waals surface area (Å²) in [6, 6.07) is 0. The highest BCUT2D eigenvalue weighted by atomic mass is 32.2. The highest BCUT2D eigenvalue weighted by Gasteiger charge is 2.30. The van der Waals surface area contributed by atoms with E-state index in [0.717, 1.165) is 27.6 Å². The fourth-order valence-electron chi connectivity index (χ4n) is 2.64. The van der Waals surface area contributed by atoms with E-state index in [1.54, 1.807) is 11.3 Å². The summed E-state index contributed by atoms with van der Waals surface area (Å²) >= 11 is 3.30. The number of aromatic nitrogens is 2. The number of rotatable bonds is 4. The summed E-state index contributed by atoms with van der Waals surface area (Å²) in [5.41, 5.74) is 2.09. The zero-order chi connectivity index (χ0) is 15.9. The maximum absolute atomic E-state index is 9.22. The number of hydrogen-bond acceptors (Lipinski definition) is 7. The Morgan fingerprint density at radius 3 is 2.86 bits per heavy atom. The van der Waals surface area contributed by atoms with Crippen LogP contribution in [0.2, 0.25) is 0 Å². The van der Waals surface area contributed by atoms with Gasteiger partial charge >= 0.3 is 0 Å². The molecule has 0 aliphatic carbocycles. The Morgan fingerprint density at radius 1 is 1.41 bits per heavy atom. The molecule has 120 valence electrons. The molecule has 22 heavy (non-hydrogen) atoms. The summed E-state index contributed by atoms with van der Waals surface area (Å²) in [5.74, 6) is 0.903. The number of ether oxygens (including phenoxy) is 1. The lowest BCUT2D eigenvalue weighted by Crippen LogP contribution is -2.30. The standard InChI is InChI=1S/C15H21N3O2S2/c1-15(2)7-10-9(8-20-15)11-12(22-10)13(18(3)5-6-19)17-14(16-11)21-4/h19H,5-8H2,1-4H3. The van der Waals surface area contributed by atoms with E-state index >= 15 is 0 Å². The summed E-state index contributed by atoms with van der Waals surface area (Å²) in [6.45, 7) is 5.52. The Kier molecular flexibility index (Phi) is 4.33. The van der Waals surface area contributed by atoms with Crippen LogP contribution < -0.4 is 4.90 Å². The van der Waals surface area contributed by atoms with E-state index in [1.165, 1.54) is 22.2 Å². The zero-order valence-corrected chi connectivity index (χ0v) is 15.0. The van der Waals surface area contributed by atoms with Crippen molar-refractivity contribution in [1.29, 1.82) is 0 Å². The molecule has 5 nitrogen and oxygen atoms in total. The van der Waals surface area contributed by atoms with Gasteiger partial charge in [0, 0.05) is 30.5 Å². The van der Waals surface area contributed by atoms with Crippen LogP contribution in [-0.2, 0) is 17.8 Å². The molecule has 0 saturated heterocycles. The molecule has 1 aliphatic heterocycles. The van der Waals surface area contributed by atoms with Crippen LogP contribution in [0.15, 0.2) is 5.16 Å². The van der Waals surface area contributed by atoms with Gasteiger partial charge in [0.15, 0.2) is 11.0 Å². The molecule has 0 atom stereocenters. The molecule has 0 spiro atoms. The topological polar surface area (TPSA) is 58.5 Å². The molecular weight excluding hydrogens is 318 g/mol. The van der Waals surface area contributed by atoms with Crippen molar-refractivity contribution in [2.45, 2.75) is 37.6 Å². The number of nitrogens with zero attached hydrogens (tertiary/aromatic N) is 3. The molecular formula is C15H21N3O2S2. The van der Waals surface area contributed by atoms with Crippen LogP contribution in [0.25, 0.3) is 10.2 Å². The van der Waals surface area contributed by atoms with Gasteiger partial charge in [0.2, 0.25) is 0 Å². The van der Waals surface area contributed by atoms with Crippen molar-refractivity contribution in [3.8, 4) is 0 Å². The summed E-state index contributed by atoms with van der Waals surface area (Å²) in [7, 11) is 1.96. The van der Waals surface area contributed by atoms with Crippen LogP contribution in [0.4, 0.5) is 5.82 Å². The number of fused-ring (bicyclic) bond motifs is 3. The third-order valence-corrected chi connectivity index (χ3v) is 5.61. The highest BCUT2D eigenvalue weighted by molar-refractivity contribution is 7.98. The molecule has 0 bridgehead atoms. The SMILES string of the molecule is CSc1nc(N(C)CCO)c2sc3c(c2n1)COC(C)(C)C3. The third-order valence-electron chi connectivity index (χ3n) is 3.85. The van der Waals surface area contributed by atoms with Crippen LogP contribution in [0.1, 0.15) is 24.3 Å². The van der Waals surface area contributed by atoms with Crippen LogP contribution in [0.5, 0.6) is 0 Å². The van der Waals surface area contributed by atoms with Crippen molar-refractivity contribution in [3.05, 3.63) is 10.4 Å². The minimum absolute atomic E-state index is 0.109. The summed E-state index contributed by atoms with van der Waals surface area (Å²) in [4.78, 5) is 12.7. The molecule has 0 unspecified atom stereocenters. The lowest BCUT2D eigenvalue weighted by atomic mass is 9.98. The first kappa shape index (κ1) is 16.0. The highest BCUT2D eigenvalue weighted by Crippen LogP contribution is 2.41. The smallest absolute Gasteiger partial charge is 0.189 e. The van der Waals surface area contributed by atoms with E-state index in [0.29, 0.717) is 13.2 Å². The first-order valence-electron chi connectivity index (χ1n) is 7.27. The maximum atomic E-state index is 9.22. The molecule has 2 aromatic heterocycles. The second kappa shape index (κ2) is 5.96. The lowest BCUT2D eigenvalue weighted by Gasteiger charge is -2.29. The Balaban J connectivity index is 2.17. The van der Waals surface area contributed by atoms with Gasteiger partial charge < -0.3 is 14.7 Å². The van der Waals surface area contributed by atoms with Crippen LogP contribution in [0.3, 0.4) is 0 Å². The maximum Gasteiger partial charge on any atom is 0.189 e. The quantitative estimate of drug-likeness (QED) is 0.683. The minimum atomic E-state index is -0.124. The lowest BCUT2D eigenvalue weighted by molar-refractivity contribution is -0.0383. The van der Waals surface area contributed by atoms with E-state index in [9.17, 15) is 5.11 Å². The number of anilines is 1. The molecule has 3 heterocycles. The van der Waals surface area contributed by atoms with Gasteiger partial charge in [-0.3, -0.25) is 0 Å². The van der Waals surface area contributed by atoms with E-state index in [-0.39, 0.29) is 12.2 Å². The van der Waals surface area contributed by atoms with E-state index in [1.807, 2.05) is 18.2 Å². The number of aliphatic hydroxyl groups excluding tert-OH is 1. The van der Waals surface area contributed by atoms with Crippen LogP contribution >= 0.6 is 23.1 Å². The normalized spacial score (nSPS) is 16.8. The average molecular weight is 339 g/mol. The summed E-state index contributed by atoms with van der Waals surface area (Å²) in [5, 5.41) is 9.98. The largest absolute Gasteiger partial charge is 0.395 e. The molecule has 0 amide bonds. The second-order valence-electron chi connectivity index (χ2n) is 6.09. The van der Waals surface area contributed by atoms with Gasteiger partial charge in [-0.15, -0.1) is 11.3 Å². The van der Waals surface area contributed by atoms with Gasteiger partial charge in [-0.2, -0.15) is 0 Å². The predicted octanol–water partition coefficient (Wildman–Crippen LogP) is 2.69. The number of aliphatic hydroxyl groups is 1. The van der Waals surface area contributed by atoms with Gasteiger partial charge in [-0.1, -0.05) is 11.8 Å². The van der Waals surface area contributed by atoms with Gasteiger partial charge in [-0.05, 0) is 20.1 Å². The molecule has 1 N–H and O–H groups in total. The predicted molar refractivity (Wildman–Crippen MR) is 92.1 cm³/mol. The van der Waals surface area contributed by atoms with Gasteiger partial charge in [0.1, 0.15) is 0 Å². The van der Waals surface area contributed by atoms with E-state index in [2.05, 4.69) is 18.8 Å². The molecule has 2 aromatic rings. The van der Waals surface area contributed by atoms with Crippen molar-refractivity contribution < 1.29 is 9.84 Å². The number of hydrogen-bond donors (Lipinski definition) is 1. The zero-order valence-electron chi connectivity index (χ0n) is 13.3. The third kappa shape index (κ3) is 2.82. The fraction of sp³-hybridized carbons (Fsp3) is 0.600. The number of thioether (sulfide) groups is 1. The summed E-state index contributed by atoms with van der Waals surface area (Å²) < 4.78 is 7.06. The number of likely N-dealkylation sites (N-methyl/N-ethyl adjacent to an activating group) is 1. The molecule has 0 fully saturated rings. The minimum Gasteiger partial charge on any atom is -0.395 e. The van der Waals surface area contributed by atoms with Gasteiger partial charge in [0.05, 0.1) is 29.0 Å². The van der Waals surface area contributed by atoms with Crippen LogP contribution in [-0.4, -0.2) is 47.1 Å². The van der Waals surface area contributed by atoms with Crippen molar-refractivity contribution in [2.75, 3.05) is 31.4 Å². The Hall–Kier alpha value is -0.890. The van der Waals surface area contributed by atoms with Crippen molar-refractivity contribution in [1.82, 2.24) is 9.97 Å². The first-order valence-corrected chi connectivity index (χ1v) is 9.31. The number of thiophene rings is 1. The molecule has 3 rings (SSSR count). The van der Waals surface area contributed by atoms with Gasteiger partial charge in [0.25, 0.3) is 0 Å². The average Bonchev–Trinajstić information content (AvgIpc) is 2.82. The van der Waals surface area contributed by atoms with E-state index in [4.69, 9.17) is 9.72 Å². The molecule has 7 heteroatoms. The van der Waals surface area contributed by atoms with Crippen molar-refractivity contribution in [2.24, 2.45) is 0 Å². The van der Waals surface area contributed by atoms with Crippen molar-refractivity contribution >= 4 is 39.1 Å². The second-order valence-corrected chi connectivity index (χ2v) is 7.96. The molecule has 0 saturated carbocycles. The monoisotopic (exact) mass is 339 g/mol.